The Morgan fingerprint density at radius 2 is 1.93 bits per heavy atom. The molecule has 0 aromatic heterocycles. The van der Waals surface area contributed by atoms with Crippen LogP contribution in [0.3, 0.4) is 0 Å². The summed E-state index contributed by atoms with van der Waals surface area (Å²) in [4.78, 5) is 0. The van der Waals surface area contributed by atoms with Gasteiger partial charge in [-0.25, -0.2) is 0 Å². The average Bonchev–Trinajstić information content (AvgIpc) is 2.26. The molecule has 0 aliphatic rings. The molecule has 3 heteroatoms. The maximum Gasteiger partial charge on any atom is 0.118 e. The number of hydrogen-bond donors (Lipinski definition) is 2. The van der Waals surface area contributed by atoms with Crippen molar-refractivity contribution in [3.8, 4) is 5.75 Å². The van der Waals surface area contributed by atoms with Gasteiger partial charge in [-0.15, -0.1) is 0 Å². The van der Waals surface area contributed by atoms with Crippen LogP contribution >= 0.6 is 0 Å². The Hall–Kier alpha value is -1.06. The molecule has 3 nitrogen and oxygen atoms in total. The lowest BCUT2D eigenvalue weighted by Crippen LogP contribution is -2.29. The molecule has 14 heavy (non-hydrogen) atoms. The highest BCUT2D eigenvalue weighted by atomic mass is 16.5. The number of aryl methyl sites for hydroxylation is 1. The van der Waals surface area contributed by atoms with Crippen LogP contribution in [0, 0.1) is 0 Å². The second-order valence-corrected chi connectivity index (χ2v) is 3.38. The van der Waals surface area contributed by atoms with E-state index in [-0.39, 0.29) is 6.04 Å². The van der Waals surface area contributed by atoms with E-state index >= 15 is 0 Å². The first kappa shape index (κ1) is 11.0. The van der Waals surface area contributed by atoms with Crippen LogP contribution in [0.1, 0.15) is 12.0 Å². The summed E-state index contributed by atoms with van der Waals surface area (Å²) in [7, 11) is 1.67. The summed E-state index contributed by atoms with van der Waals surface area (Å²) in [6.45, 7) is 0.552. The molecule has 0 bridgehead atoms. The fourth-order valence-electron chi connectivity index (χ4n) is 1.26. The first-order valence-corrected chi connectivity index (χ1v) is 4.85. The third-order valence-corrected chi connectivity index (χ3v) is 2.27. The fraction of sp³-hybridized carbons (Fsp3) is 0.455. The van der Waals surface area contributed by atoms with E-state index in [4.69, 9.17) is 16.2 Å². The van der Waals surface area contributed by atoms with Crippen molar-refractivity contribution in [2.45, 2.75) is 18.9 Å². The summed E-state index contributed by atoms with van der Waals surface area (Å²) < 4.78 is 5.07. The summed E-state index contributed by atoms with van der Waals surface area (Å²) in [6.07, 6.45) is 1.91. The van der Waals surface area contributed by atoms with Gasteiger partial charge in [0.25, 0.3) is 0 Å². The number of hydrogen-bond acceptors (Lipinski definition) is 3. The Labute approximate surface area is 85.0 Å². The molecule has 1 atom stereocenters. The molecule has 0 spiro atoms. The second-order valence-electron chi connectivity index (χ2n) is 3.38. The van der Waals surface area contributed by atoms with Crippen LogP contribution in [0.15, 0.2) is 24.3 Å². The van der Waals surface area contributed by atoms with Gasteiger partial charge < -0.3 is 16.2 Å². The summed E-state index contributed by atoms with van der Waals surface area (Å²) >= 11 is 0. The molecule has 1 rings (SSSR count). The minimum absolute atomic E-state index is 0.108. The summed E-state index contributed by atoms with van der Waals surface area (Å²) in [5, 5.41) is 0. The topological polar surface area (TPSA) is 61.3 Å². The number of methoxy groups -OCH3 is 1. The van der Waals surface area contributed by atoms with Crippen LogP contribution in [0.25, 0.3) is 0 Å². The van der Waals surface area contributed by atoms with Gasteiger partial charge in [-0.05, 0) is 30.5 Å². The van der Waals surface area contributed by atoms with Crippen molar-refractivity contribution in [1.82, 2.24) is 0 Å². The quantitative estimate of drug-likeness (QED) is 0.732. The molecule has 0 aliphatic carbocycles. The molecule has 0 heterocycles. The highest BCUT2D eigenvalue weighted by Gasteiger charge is 2.00. The van der Waals surface area contributed by atoms with Gasteiger partial charge in [0.1, 0.15) is 5.75 Å². The van der Waals surface area contributed by atoms with Crippen molar-refractivity contribution < 1.29 is 4.74 Å². The zero-order valence-electron chi connectivity index (χ0n) is 8.57. The molecule has 0 radical (unpaired) electrons. The molecule has 1 aromatic rings. The van der Waals surface area contributed by atoms with E-state index in [9.17, 15) is 0 Å². The van der Waals surface area contributed by atoms with Crippen molar-refractivity contribution in [1.29, 1.82) is 0 Å². The third-order valence-electron chi connectivity index (χ3n) is 2.27. The van der Waals surface area contributed by atoms with E-state index in [1.807, 2.05) is 12.1 Å². The van der Waals surface area contributed by atoms with Crippen molar-refractivity contribution >= 4 is 0 Å². The molecule has 1 unspecified atom stereocenters. The lowest BCUT2D eigenvalue weighted by atomic mass is 10.1. The Morgan fingerprint density at radius 1 is 1.29 bits per heavy atom. The predicted octanol–water partition coefficient (Wildman–Crippen LogP) is 0.914. The largest absolute Gasteiger partial charge is 0.497 e. The molecular weight excluding hydrogens is 176 g/mol. The first-order chi connectivity index (χ1) is 6.76. The molecule has 0 saturated heterocycles. The standard InChI is InChI=1S/C11H18N2O/c1-14-11-6-3-9(4-7-11)2-5-10(13)8-12/h3-4,6-7,10H,2,5,8,12-13H2,1H3. The van der Waals surface area contributed by atoms with Crippen molar-refractivity contribution in [3.05, 3.63) is 29.8 Å². The number of benzene rings is 1. The van der Waals surface area contributed by atoms with Crippen LogP contribution in [-0.2, 0) is 6.42 Å². The number of ether oxygens (including phenoxy) is 1. The molecule has 0 saturated carbocycles. The third kappa shape index (κ3) is 3.36. The first-order valence-electron chi connectivity index (χ1n) is 4.85. The van der Waals surface area contributed by atoms with Gasteiger partial charge in [0.15, 0.2) is 0 Å². The molecule has 0 amide bonds. The molecule has 78 valence electrons. The fourth-order valence-corrected chi connectivity index (χ4v) is 1.26. The van der Waals surface area contributed by atoms with Gasteiger partial charge in [-0.1, -0.05) is 12.1 Å². The maximum atomic E-state index is 5.73. The van der Waals surface area contributed by atoms with Gasteiger partial charge in [-0.2, -0.15) is 0 Å². The highest BCUT2D eigenvalue weighted by molar-refractivity contribution is 5.27. The van der Waals surface area contributed by atoms with Gasteiger partial charge in [-0.3, -0.25) is 0 Å². The number of nitrogens with two attached hydrogens (primary N) is 2. The van der Waals surface area contributed by atoms with E-state index < -0.39 is 0 Å². The zero-order valence-corrected chi connectivity index (χ0v) is 8.57. The van der Waals surface area contributed by atoms with Crippen molar-refractivity contribution in [2.75, 3.05) is 13.7 Å². The van der Waals surface area contributed by atoms with E-state index in [1.165, 1.54) is 5.56 Å². The molecule has 0 aliphatic heterocycles. The van der Waals surface area contributed by atoms with E-state index in [2.05, 4.69) is 12.1 Å². The van der Waals surface area contributed by atoms with Crippen LogP contribution < -0.4 is 16.2 Å². The molecule has 1 aromatic carbocycles. The second kappa shape index (κ2) is 5.62. The summed E-state index contributed by atoms with van der Waals surface area (Å²) in [5.41, 5.74) is 12.4. The van der Waals surface area contributed by atoms with Crippen molar-refractivity contribution in [2.24, 2.45) is 11.5 Å². The Balaban J connectivity index is 2.43. The Morgan fingerprint density at radius 3 is 2.43 bits per heavy atom. The lowest BCUT2D eigenvalue weighted by molar-refractivity contribution is 0.414. The molecular formula is C11H18N2O. The minimum atomic E-state index is 0.108. The van der Waals surface area contributed by atoms with Crippen LogP contribution in [0.2, 0.25) is 0 Å². The lowest BCUT2D eigenvalue weighted by Gasteiger charge is -2.08. The number of rotatable bonds is 5. The SMILES string of the molecule is COc1ccc(CCC(N)CN)cc1. The molecule has 0 fully saturated rings. The Bertz CT molecular complexity index is 258. The van der Waals surface area contributed by atoms with Crippen LogP contribution in [-0.4, -0.2) is 19.7 Å². The van der Waals surface area contributed by atoms with E-state index in [0.29, 0.717) is 6.54 Å². The Kier molecular flexibility index (Phi) is 4.43. The maximum absolute atomic E-state index is 5.73. The smallest absolute Gasteiger partial charge is 0.118 e. The van der Waals surface area contributed by atoms with Crippen molar-refractivity contribution in [3.63, 3.8) is 0 Å². The highest BCUT2D eigenvalue weighted by Crippen LogP contribution is 2.12. The zero-order chi connectivity index (χ0) is 10.4. The summed E-state index contributed by atoms with van der Waals surface area (Å²) in [5.74, 6) is 0.886. The van der Waals surface area contributed by atoms with Crippen LogP contribution in [0.4, 0.5) is 0 Å². The van der Waals surface area contributed by atoms with E-state index in [0.717, 1.165) is 18.6 Å². The average molecular weight is 194 g/mol. The van der Waals surface area contributed by atoms with Gasteiger partial charge in [0.05, 0.1) is 7.11 Å². The minimum Gasteiger partial charge on any atom is -0.497 e. The predicted molar refractivity (Wildman–Crippen MR) is 58.3 cm³/mol. The normalized spacial score (nSPS) is 12.5. The summed E-state index contributed by atoms with van der Waals surface area (Å²) in [6, 6.07) is 8.15. The molecule has 4 N–H and O–H groups in total. The van der Waals surface area contributed by atoms with Crippen LogP contribution in [0.5, 0.6) is 5.75 Å². The van der Waals surface area contributed by atoms with Gasteiger partial charge in [0.2, 0.25) is 0 Å². The van der Waals surface area contributed by atoms with E-state index in [1.54, 1.807) is 7.11 Å². The van der Waals surface area contributed by atoms with Gasteiger partial charge >= 0.3 is 0 Å². The van der Waals surface area contributed by atoms with Gasteiger partial charge in [0, 0.05) is 12.6 Å². The monoisotopic (exact) mass is 194 g/mol.